The van der Waals surface area contributed by atoms with Crippen molar-refractivity contribution in [1.82, 2.24) is 20.1 Å². The highest BCUT2D eigenvalue weighted by atomic mass is 35.5. The Morgan fingerprint density at radius 3 is 2.32 bits per heavy atom. The van der Waals surface area contributed by atoms with Crippen molar-refractivity contribution in [2.45, 2.75) is 50.6 Å². The molecule has 0 aliphatic carbocycles. The Morgan fingerprint density at radius 2 is 1.80 bits per heavy atom. The quantitative estimate of drug-likeness (QED) is 0.256. The number of likely N-dealkylation sites (tertiary alicyclic amines) is 1. The molecular formula is C26H30ClF3N6O4S. The minimum atomic E-state index is -4.75. The molecule has 10 nitrogen and oxygen atoms in total. The second-order valence-corrected chi connectivity index (χ2v) is 12.2. The van der Waals surface area contributed by atoms with Crippen molar-refractivity contribution in [2.24, 2.45) is 5.92 Å². The Balaban J connectivity index is 1.57. The molecule has 0 spiro atoms. The Morgan fingerprint density at radius 1 is 1.17 bits per heavy atom. The number of hydrogen-bond donors (Lipinski definition) is 4. The molecule has 1 aliphatic rings. The molecule has 1 amide bonds. The molecule has 41 heavy (non-hydrogen) atoms. The fraction of sp³-hybridized carbons (Fsp3) is 0.423. The number of nitrogens with one attached hydrogen (secondary N) is 2. The second kappa shape index (κ2) is 11.8. The number of nitrogen functional groups attached to an aromatic ring is 1. The van der Waals surface area contributed by atoms with Gasteiger partial charge in [-0.2, -0.15) is 18.2 Å². The molecule has 0 bridgehead atoms. The molecule has 1 aliphatic heterocycles. The van der Waals surface area contributed by atoms with Gasteiger partial charge in [-0.15, -0.1) is 5.10 Å². The van der Waals surface area contributed by atoms with E-state index in [0.29, 0.717) is 31.5 Å². The molecule has 1 unspecified atom stereocenters. The number of thiol groups is 1. The van der Waals surface area contributed by atoms with Gasteiger partial charge >= 0.3 is 12.3 Å². The Bertz CT molecular complexity index is 1470. The monoisotopic (exact) mass is 614 g/mol. The third-order valence-corrected chi connectivity index (χ3v) is 8.03. The first-order valence-electron chi connectivity index (χ1n) is 12.7. The summed E-state index contributed by atoms with van der Waals surface area (Å²) in [6, 6.07) is 8.06. The SMILES string of the molecule is CC(C)(C)OC(=O)N1CCC(C(c2ccc(-c3c(Cl)cc(Nc4n[nH]c(N)n4)cc3C(F)(F)F)cc2)[SH](=O)=O)CC1. The third kappa shape index (κ3) is 7.41. The number of piperidine rings is 1. The van der Waals surface area contributed by atoms with E-state index in [4.69, 9.17) is 22.1 Å². The van der Waals surface area contributed by atoms with Crippen LogP contribution in [0.2, 0.25) is 5.02 Å². The first-order chi connectivity index (χ1) is 19.1. The third-order valence-electron chi connectivity index (χ3n) is 6.56. The molecule has 0 radical (unpaired) electrons. The number of carbonyl (C=O) groups is 1. The van der Waals surface area contributed by atoms with Gasteiger partial charge in [-0.3, -0.25) is 0 Å². The molecule has 1 saturated heterocycles. The van der Waals surface area contributed by atoms with Gasteiger partial charge in [0.15, 0.2) is 0 Å². The van der Waals surface area contributed by atoms with Gasteiger partial charge in [-0.05, 0) is 62.8 Å². The standard InChI is InChI=1S/C26H30ClF3N6O4S/c1-25(2,3)40-24(37)36-10-8-16(9-11-36)21(41(38)39)15-6-4-14(5-7-15)20-18(26(28,29)30)12-17(13-19(20)27)32-23-33-22(31)34-35-23/h4-7,12-13,16,21,41H,8-11H2,1-3H3,(H4,31,32,33,34,35). The summed E-state index contributed by atoms with van der Waals surface area (Å²) in [5.41, 5.74) is 4.19. The predicted molar refractivity (Wildman–Crippen MR) is 150 cm³/mol. The number of nitrogens with zero attached hydrogens (tertiary/aromatic N) is 3. The number of aromatic nitrogens is 3. The van der Waals surface area contributed by atoms with Gasteiger partial charge < -0.3 is 20.7 Å². The van der Waals surface area contributed by atoms with Crippen LogP contribution in [0.15, 0.2) is 36.4 Å². The molecule has 15 heteroatoms. The van der Waals surface area contributed by atoms with Crippen LogP contribution in [-0.4, -0.2) is 53.3 Å². The minimum absolute atomic E-state index is 0.00262. The predicted octanol–water partition coefficient (Wildman–Crippen LogP) is 5.77. The van der Waals surface area contributed by atoms with Crippen LogP contribution in [0.25, 0.3) is 11.1 Å². The smallest absolute Gasteiger partial charge is 0.417 e. The Labute approximate surface area is 241 Å². The number of rotatable bonds is 6. The first kappa shape index (κ1) is 30.4. The average molecular weight is 615 g/mol. The van der Waals surface area contributed by atoms with Gasteiger partial charge in [-0.1, -0.05) is 35.9 Å². The van der Waals surface area contributed by atoms with E-state index >= 15 is 0 Å². The molecule has 1 atom stereocenters. The van der Waals surface area contributed by atoms with Crippen molar-refractivity contribution in [1.29, 1.82) is 0 Å². The number of aromatic amines is 1. The van der Waals surface area contributed by atoms with E-state index in [1.807, 2.05) is 0 Å². The number of alkyl halides is 3. The molecule has 1 aromatic heterocycles. The number of anilines is 3. The lowest BCUT2D eigenvalue weighted by molar-refractivity contribution is -0.137. The largest absolute Gasteiger partial charge is 0.444 e. The van der Waals surface area contributed by atoms with Gasteiger partial charge in [0.25, 0.3) is 0 Å². The molecule has 1 fully saturated rings. The maximum atomic E-state index is 14.1. The highest BCUT2D eigenvalue weighted by molar-refractivity contribution is 7.72. The van der Waals surface area contributed by atoms with Crippen LogP contribution in [-0.2, 0) is 21.6 Å². The van der Waals surface area contributed by atoms with Gasteiger partial charge in [0.1, 0.15) is 16.3 Å². The fourth-order valence-electron chi connectivity index (χ4n) is 4.79. The summed E-state index contributed by atoms with van der Waals surface area (Å²) in [5.74, 6) is -0.318. The second-order valence-electron chi connectivity index (χ2n) is 10.7. The van der Waals surface area contributed by atoms with Crippen molar-refractivity contribution in [3.63, 3.8) is 0 Å². The molecule has 2 aromatic carbocycles. The van der Waals surface area contributed by atoms with Crippen LogP contribution in [0.5, 0.6) is 0 Å². The molecule has 3 aromatic rings. The van der Waals surface area contributed by atoms with Crippen LogP contribution in [0, 0.1) is 5.92 Å². The first-order valence-corrected chi connectivity index (χ1v) is 14.3. The summed E-state index contributed by atoms with van der Waals surface area (Å²) in [4.78, 5) is 17.7. The number of benzene rings is 2. The molecular weight excluding hydrogens is 585 g/mol. The molecule has 2 heterocycles. The maximum Gasteiger partial charge on any atom is 0.417 e. The summed E-state index contributed by atoms with van der Waals surface area (Å²) in [7, 11) is -2.91. The van der Waals surface area contributed by atoms with Crippen molar-refractivity contribution in [2.75, 3.05) is 24.1 Å². The lowest BCUT2D eigenvalue weighted by Gasteiger charge is -2.35. The number of H-pyrrole nitrogens is 1. The summed E-state index contributed by atoms with van der Waals surface area (Å²) in [6.07, 6.45) is -4.34. The zero-order chi connectivity index (χ0) is 30.1. The van der Waals surface area contributed by atoms with Gasteiger partial charge in [0.2, 0.25) is 11.9 Å². The van der Waals surface area contributed by atoms with Crippen LogP contribution >= 0.6 is 11.6 Å². The van der Waals surface area contributed by atoms with Crippen molar-refractivity contribution < 1.29 is 31.1 Å². The zero-order valence-electron chi connectivity index (χ0n) is 22.5. The van der Waals surface area contributed by atoms with E-state index in [-0.39, 0.29) is 39.7 Å². The van der Waals surface area contributed by atoms with Gasteiger partial charge in [0.05, 0.1) is 15.8 Å². The molecule has 4 rings (SSSR count). The number of ether oxygens (including phenoxy) is 1. The molecule has 222 valence electrons. The highest BCUT2D eigenvalue weighted by Gasteiger charge is 2.36. The highest BCUT2D eigenvalue weighted by Crippen LogP contribution is 2.44. The van der Waals surface area contributed by atoms with Crippen LogP contribution in [0.3, 0.4) is 0 Å². The van der Waals surface area contributed by atoms with Crippen LogP contribution in [0.4, 0.5) is 35.5 Å². The Kier molecular flexibility index (Phi) is 8.73. The van der Waals surface area contributed by atoms with Gasteiger partial charge in [-0.25, -0.2) is 18.3 Å². The topological polar surface area (TPSA) is 143 Å². The number of carbonyl (C=O) groups excluding carboxylic acids is 1. The average Bonchev–Trinajstić information content (AvgIpc) is 3.27. The van der Waals surface area contributed by atoms with E-state index in [9.17, 15) is 26.4 Å². The van der Waals surface area contributed by atoms with Crippen molar-refractivity contribution in [3.8, 4) is 11.1 Å². The summed E-state index contributed by atoms with van der Waals surface area (Å²) >= 11 is 6.35. The van der Waals surface area contributed by atoms with E-state index in [1.165, 1.54) is 30.3 Å². The fourth-order valence-corrected chi connectivity index (χ4v) is 6.18. The maximum absolute atomic E-state index is 14.1. The van der Waals surface area contributed by atoms with Crippen molar-refractivity contribution >= 4 is 46.0 Å². The van der Waals surface area contributed by atoms with Crippen LogP contribution < -0.4 is 11.1 Å². The summed E-state index contributed by atoms with van der Waals surface area (Å²) in [6.45, 7) is 5.98. The number of amides is 1. The van der Waals surface area contributed by atoms with E-state index in [1.54, 1.807) is 25.7 Å². The van der Waals surface area contributed by atoms with Crippen LogP contribution in [0.1, 0.15) is 50.0 Å². The number of hydrogen-bond acceptors (Lipinski definition) is 8. The lowest BCUT2D eigenvalue weighted by atomic mass is 9.88. The van der Waals surface area contributed by atoms with Gasteiger partial charge in [0, 0.05) is 24.3 Å². The normalized spacial score (nSPS) is 15.7. The van der Waals surface area contributed by atoms with Crippen molar-refractivity contribution in [3.05, 3.63) is 52.5 Å². The minimum Gasteiger partial charge on any atom is -0.444 e. The molecule has 0 saturated carbocycles. The Hall–Kier alpha value is -3.52. The molecule has 4 N–H and O–H groups in total. The number of halogens is 4. The van der Waals surface area contributed by atoms with E-state index < -0.39 is 39.4 Å². The van der Waals surface area contributed by atoms with E-state index in [0.717, 1.165) is 6.07 Å². The van der Waals surface area contributed by atoms with E-state index in [2.05, 4.69) is 20.5 Å². The summed E-state index contributed by atoms with van der Waals surface area (Å²) in [5, 5.41) is 7.72. The summed E-state index contributed by atoms with van der Waals surface area (Å²) < 4.78 is 72.4. The lowest BCUT2D eigenvalue weighted by Crippen LogP contribution is -2.42. The zero-order valence-corrected chi connectivity index (χ0v) is 24.1. The number of nitrogens with two attached hydrogens (primary N) is 1.